The molecule has 0 aliphatic carbocycles. The van der Waals surface area contributed by atoms with Gasteiger partial charge in [0.1, 0.15) is 5.75 Å². The van der Waals surface area contributed by atoms with Gasteiger partial charge in [0.25, 0.3) is 0 Å². The largest absolute Gasteiger partial charge is 0.497 e. The molecule has 4 heteroatoms. The Morgan fingerprint density at radius 1 is 1.21 bits per heavy atom. The minimum atomic E-state index is 0.573. The van der Waals surface area contributed by atoms with E-state index < -0.39 is 0 Å². The minimum Gasteiger partial charge on any atom is -0.497 e. The number of methoxy groups -OCH3 is 1. The summed E-state index contributed by atoms with van der Waals surface area (Å²) in [6.45, 7) is 9.91. The van der Waals surface area contributed by atoms with Crippen LogP contribution in [0, 0.1) is 0 Å². The van der Waals surface area contributed by atoms with Crippen molar-refractivity contribution in [1.82, 2.24) is 9.88 Å². The first kappa shape index (κ1) is 18.5. The summed E-state index contributed by atoms with van der Waals surface area (Å²) >= 11 is 0. The number of unbranched alkanes of at least 4 members (excludes halogenated alkanes) is 2. The fourth-order valence-electron chi connectivity index (χ4n) is 2.94. The Kier molecular flexibility index (Phi) is 7.32. The van der Waals surface area contributed by atoms with Crippen molar-refractivity contribution in [2.24, 2.45) is 0 Å². The fourth-order valence-corrected chi connectivity index (χ4v) is 2.94. The Labute approximate surface area is 146 Å². The lowest BCUT2D eigenvalue weighted by molar-refractivity contribution is 0.225. The van der Waals surface area contributed by atoms with Crippen molar-refractivity contribution in [3.8, 4) is 5.75 Å². The van der Waals surface area contributed by atoms with Gasteiger partial charge in [-0.1, -0.05) is 25.8 Å². The number of anilines is 1. The average Bonchev–Trinajstić information content (AvgIpc) is 2.60. The Morgan fingerprint density at radius 3 is 2.75 bits per heavy atom. The number of aromatic nitrogens is 1. The van der Waals surface area contributed by atoms with Gasteiger partial charge in [0, 0.05) is 36.8 Å². The van der Waals surface area contributed by atoms with Crippen LogP contribution < -0.4 is 10.1 Å². The van der Waals surface area contributed by atoms with E-state index in [4.69, 9.17) is 4.74 Å². The van der Waals surface area contributed by atoms with Crippen LogP contribution in [0.2, 0.25) is 0 Å². The highest BCUT2D eigenvalue weighted by atomic mass is 16.5. The molecular formula is C20H31N3O. The van der Waals surface area contributed by atoms with E-state index in [2.05, 4.69) is 42.0 Å². The van der Waals surface area contributed by atoms with Crippen LogP contribution in [0.15, 0.2) is 30.5 Å². The quantitative estimate of drug-likeness (QED) is 0.649. The molecule has 0 saturated carbocycles. The molecule has 132 valence electrons. The van der Waals surface area contributed by atoms with Gasteiger partial charge in [-0.15, -0.1) is 0 Å². The van der Waals surface area contributed by atoms with Gasteiger partial charge in [-0.25, -0.2) is 0 Å². The second-order valence-electron chi connectivity index (χ2n) is 6.51. The molecule has 1 aromatic carbocycles. The van der Waals surface area contributed by atoms with Gasteiger partial charge in [-0.05, 0) is 38.9 Å². The Balaban J connectivity index is 2.01. The predicted molar refractivity (Wildman–Crippen MR) is 103 cm³/mol. The van der Waals surface area contributed by atoms with Crippen molar-refractivity contribution in [2.75, 3.05) is 32.1 Å². The van der Waals surface area contributed by atoms with Crippen LogP contribution in [-0.4, -0.2) is 42.7 Å². The maximum Gasteiger partial charge on any atom is 0.121 e. The molecule has 0 bridgehead atoms. The monoisotopic (exact) mass is 329 g/mol. The van der Waals surface area contributed by atoms with Gasteiger partial charge in [0.15, 0.2) is 0 Å². The normalized spacial score (nSPS) is 11.4. The van der Waals surface area contributed by atoms with E-state index >= 15 is 0 Å². The van der Waals surface area contributed by atoms with E-state index in [1.807, 2.05) is 24.4 Å². The highest BCUT2D eigenvalue weighted by Crippen LogP contribution is 2.27. The van der Waals surface area contributed by atoms with Crippen molar-refractivity contribution < 1.29 is 4.74 Å². The number of hydrogen-bond donors (Lipinski definition) is 1. The molecule has 0 fully saturated rings. The zero-order chi connectivity index (χ0) is 17.4. The SMILES string of the molecule is CCCCCN(CCNc1cc(OC)cc2cccnc12)C(C)C. The molecule has 1 heterocycles. The van der Waals surface area contributed by atoms with E-state index in [0.29, 0.717) is 6.04 Å². The third kappa shape index (κ3) is 5.10. The molecule has 0 amide bonds. The number of nitrogens with zero attached hydrogens (tertiary/aromatic N) is 2. The Bertz CT molecular complexity index is 627. The summed E-state index contributed by atoms with van der Waals surface area (Å²) in [5.41, 5.74) is 2.04. The molecular weight excluding hydrogens is 298 g/mol. The molecule has 0 unspecified atom stereocenters. The fraction of sp³-hybridized carbons (Fsp3) is 0.550. The molecule has 0 spiro atoms. The lowest BCUT2D eigenvalue weighted by Crippen LogP contribution is -2.35. The van der Waals surface area contributed by atoms with Gasteiger partial charge in [0.05, 0.1) is 18.3 Å². The standard InChI is InChI=1S/C20H31N3O/c1-5-6-7-12-23(16(2)3)13-11-21-19-15-18(24-4)14-17-9-8-10-22-20(17)19/h8-10,14-16,21H,5-7,11-13H2,1-4H3. The first-order chi connectivity index (χ1) is 11.7. The van der Waals surface area contributed by atoms with E-state index in [9.17, 15) is 0 Å². The van der Waals surface area contributed by atoms with Crippen LogP contribution >= 0.6 is 0 Å². The molecule has 1 N–H and O–H groups in total. The van der Waals surface area contributed by atoms with Gasteiger partial charge in [-0.3, -0.25) is 9.88 Å². The Morgan fingerprint density at radius 2 is 2.04 bits per heavy atom. The van der Waals surface area contributed by atoms with Gasteiger partial charge in [-0.2, -0.15) is 0 Å². The molecule has 2 aromatic rings. The van der Waals surface area contributed by atoms with Crippen LogP contribution in [0.5, 0.6) is 5.75 Å². The highest BCUT2D eigenvalue weighted by molar-refractivity contribution is 5.91. The smallest absolute Gasteiger partial charge is 0.121 e. The molecule has 0 saturated heterocycles. The maximum atomic E-state index is 5.42. The lowest BCUT2D eigenvalue weighted by atomic mass is 10.1. The van der Waals surface area contributed by atoms with E-state index in [0.717, 1.165) is 35.4 Å². The third-order valence-corrected chi connectivity index (χ3v) is 4.41. The zero-order valence-electron chi connectivity index (χ0n) is 15.5. The molecule has 0 atom stereocenters. The summed E-state index contributed by atoms with van der Waals surface area (Å²) in [5, 5.41) is 4.65. The van der Waals surface area contributed by atoms with E-state index in [1.54, 1.807) is 7.11 Å². The van der Waals surface area contributed by atoms with Crippen LogP contribution in [0.3, 0.4) is 0 Å². The summed E-state index contributed by atoms with van der Waals surface area (Å²) in [6, 6.07) is 8.66. The zero-order valence-corrected chi connectivity index (χ0v) is 15.5. The molecule has 24 heavy (non-hydrogen) atoms. The van der Waals surface area contributed by atoms with Crippen molar-refractivity contribution in [3.63, 3.8) is 0 Å². The number of hydrogen-bond acceptors (Lipinski definition) is 4. The maximum absolute atomic E-state index is 5.42. The van der Waals surface area contributed by atoms with Crippen LogP contribution in [0.25, 0.3) is 10.9 Å². The molecule has 2 rings (SSSR count). The molecule has 0 radical (unpaired) electrons. The first-order valence-electron chi connectivity index (χ1n) is 9.06. The second kappa shape index (κ2) is 9.48. The number of rotatable bonds is 10. The van der Waals surface area contributed by atoms with Gasteiger partial charge < -0.3 is 10.1 Å². The summed E-state index contributed by atoms with van der Waals surface area (Å²) < 4.78 is 5.42. The summed E-state index contributed by atoms with van der Waals surface area (Å²) in [6.07, 6.45) is 5.69. The van der Waals surface area contributed by atoms with E-state index in [1.165, 1.54) is 25.8 Å². The van der Waals surface area contributed by atoms with Crippen molar-refractivity contribution >= 4 is 16.6 Å². The molecule has 1 aromatic heterocycles. The summed E-state index contributed by atoms with van der Waals surface area (Å²) in [4.78, 5) is 7.06. The van der Waals surface area contributed by atoms with Gasteiger partial charge in [0.2, 0.25) is 0 Å². The number of pyridine rings is 1. The second-order valence-corrected chi connectivity index (χ2v) is 6.51. The third-order valence-electron chi connectivity index (χ3n) is 4.41. The number of nitrogens with one attached hydrogen (secondary N) is 1. The van der Waals surface area contributed by atoms with Gasteiger partial charge >= 0.3 is 0 Å². The number of fused-ring (bicyclic) bond motifs is 1. The van der Waals surface area contributed by atoms with Crippen LogP contribution in [-0.2, 0) is 0 Å². The van der Waals surface area contributed by atoms with Crippen molar-refractivity contribution in [3.05, 3.63) is 30.5 Å². The van der Waals surface area contributed by atoms with Crippen molar-refractivity contribution in [2.45, 2.75) is 46.1 Å². The number of benzene rings is 1. The lowest BCUT2D eigenvalue weighted by Gasteiger charge is -2.26. The number of ether oxygens (including phenoxy) is 1. The summed E-state index contributed by atoms with van der Waals surface area (Å²) in [7, 11) is 1.70. The Hall–Kier alpha value is -1.81. The topological polar surface area (TPSA) is 37.4 Å². The summed E-state index contributed by atoms with van der Waals surface area (Å²) in [5.74, 6) is 0.863. The van der Waals surface area contributed by atoms with Crippen LogP contribution in [0.4, 0.5) is 5.69 Å². The molecule has 0 aliphatic heterocycles. The minimum absolute atomic E-state index is 0.573. The average molecular weight is 329 g/mol. The molecule has 0 aliphatic rings. The first-order valence-corrected chi connectivity index (χ1v) is 9.06. The van der Waals surface area contributed by atoms with Crippen LogP contribution in [0.1, 0.15) is 40.0 Å². The van der Waals surface area contributed by atoms with Crippen molar-refractivity contribution in [1.29, 1.82) is 0 Å². The highest BCUT2D eigenvalue weighted by Gasteiger charge is 2.10. The predicted octanol–water partition coefficient (Wildman–Crippen LogP) is 4.56. The van der Waals surface area contributed by atoms with E-state index in [-0.39, 0.29) is 0 Å². The molecule has 4 nitrogen and oxygen atoms in total.